The molecule has 1 fully saturated rings. The zero-order valence-electron chi connectivity index (χ0n) is 8.70. The molecule has 0 aromatic rings. The summed E-state index contributed by atoms with van der Waals surface area (Å²) in [7, 11) is 0. The number of aliphatic hydroxyl groups excluding tert-OH is 1. The van der Waals surface area contributed by atoms with E-state index in [1.807, 2.05) is 6.92 Å². The van der Waals surface area contributed by atoms with Gasteiger partial charge in [0, 0.05) is 6.54 Å². The first-order valence-electron chi connectivity index (χ1n) is 5.34. The first-order chi connectivity index (χ1) is 6.63. The summed E-state index contributed by atoms with van der Waals surface area (Å²) >= 11 is 0. The lowest BCUT2D eigenvalue weighted by molar-refractivity contribution is -0.123. The van der Waals surface area contributed by atoms with Crippen LogP contribution in [0.3, 0.4) is 0 Å². The number of nitrogens with two attached hydrogens (primary N) is 1. The molecule has 1 rings (SSSR count). The molecule has 0 aliphatic heterocycles. The van der Waals surface area contributed by atoms with Crippen LogP contribution in [0.5, 0.6) is 0 Å². The van der Waals surface area contributed by atoms with Gasteiger partial charge in [-0.25, -0.2) is 0 Å². The predicted molar refractivity (Wildman–Crippen MR) is 54.6 cm³/mol. The molecule has 1 atom stereocenters. The molecule has 1 aliphatic carbocycles. The summed E-state index contributed by atoms with van der Waals surface area (Å²) in [5.74, 6) is 0.385. The zero-order chi connectivity index (χ0) is 10.6. The summed E-state index contributed by atoms with van der Waals surface area (Å²) < 4.78 is 0. The lowest BCUT2D eigenvalue weighted by atomic mass is 9.82. The quantitative estimate of drug-likeness (QED) is 0.585. The van der Waals surface area contributed by atoms with Crippen molar-refractivity contribution < 1.29 is 9.90 Å². The lowest BCUT2D eigenvalue weighted by Crippen LogP contribution is -2.45. The van der Waals surface area contributed by atoms with Crippen molar-refractivity contribution in [2.45, 2.75) is 44.8 Å². The van der Waals surface area contributed by atoms with E-state index in [1.165, 1.54) is 0 Å². The Hall–Kier alpha value is -0.610. The maximum absolute atomic E-state index is 11.4. The molecule has 82 valence electrons. The maximum Gasteiger partial charge on any atom is 0.236 e. The largest absolute Gasteiger partial charge is 0.393 e. The van der Waals surface area contributed by atoms with Gasteiger partial charge in [-0.05, 0) is 25.2 Å². The van der Waals surface area contributed by atoms with Gasteiger partial charge in [0.15, 0.2) is 0 Å². The van der Waals surface area contributed by atoms with Crippen molar-refractivity contribution >= 4 is 5.91 Å². The number of carbonyl (C=O) groups is 1. The van der Waals surface area contributed by atoms with Gasteiger partial charge in [0.05, 0.1) is 12.1 Å². The Morgan fingerprint density at radius 1 is 1.64 bits per heavy atom. The molecule has 14 heavy (non-hydrogen) atoms. The third-order valence-corrected chi connectivity index (χ3v) is 2.71. The second kappa shape index (κ2) is 5.32. The highest BCUT2D eigenvalue weighted by Gasteiger charge is 2.27. The molecule has 1 aliphatic rings. The van der Waals surface area contributed by atoms with E-state index in [2.05, 4.69) is 5.32 Å². The Morgan fingerprint density at radius 3 is 2.79 bits per heavy atom. The standard InChI is InChI=1S/C10H20N2O2/c1-2-3-9(11)10(14)12-6-7-4-8(13)5-7/h7-9,13H,2-6,11H2,1H3,(H,12,14)/t7?,8?,9-/m1/s1. The van der Waals surface area contributed by atoms with Crippen molar-refractivity contribution in [3.05, 3.63) is 0 Å². The van der Waals surface area contributed by atoms with Crippen LogP contribution in [0.2, 0.25) is 0 Å². The van der Waals surface area contributed by atoms with Crippen molar-refractivity contribution in [3.63, 3.8) is 0 Å². The van der Waals surface area contributed by atoms with E-state index in [9.17, 15) is 4.79 Å². The SMILES string of the molecule is CCC[C@@H](N)C(=O)NCC1CC(O)C1. The van der Waals surface area contributed by atoms with Crippen molar-refractivity contribution in [2.75, 3.05) is 6.54 Å². The summed E-state index contributed by atoms with van der Waals surface area (Å²) in [6.45, 7) is 2.67. The second-order valence-electron chi connectivity index (χ2n) is 4.13. The highest BCUT2D eigenvalue weighted by atomic mass is 16.3. The van der Waals surface area contributed by atoms with E-state index in [0.29, 0.717) is 12.5 Å². The molecule has 1 amide bonds. The minimum Gasteiger partial charge on any atom is -0.393 e. The van der Waals surface area contributed by atoms with Crippen LogP contribution in [0.25, 0.3) is 0 Å². The van der Waals surface area contributed by atoms with Crippen molar-refractivity contribution in [2.24, 2.45) is 11.7 Å². The first kappa shape index (κ1) is 11.5. The summed E-state index contributed by atoms with van der Waals surface area (Å²) in [4.78, 5) is 11.4. The minimum atomic E-state index is -0.370. The normalized spacial score (nSPS) is 27.9. The van der Waals surface area contributed by atoms with E-state index in [0.717, 1.165) is 25.7 Å². The fourth-order valence-electron chi connectivity index (χ4n) is 1.69. The molecule has 0 aromatic heterocycles. The van der Waals surface area contributed by atoms with Crippen LogP contribution in [0.1, 0.15) is 32.6 Å². The summed E-state index contributed by atoms with van der Waals surface area (Å²) in [5, 5.41) is 11.9. The average Bonchev–Trinajstić information content (AvgIpc) is 2.10. The zero-order valence-corrected chi connectivity index (χ0v) is 8.70. The molecule has 0 radical (unpaired) electrons. The molecule has 0 spiro atoms. The summed E-state index contributed by atoms with van der Waals surface area (Å²) in [5.41, 5.74) is 5.64. The van der Waals surface area contributed by atoms with E-state index >= 15 is 0 Å². The van der Waals surface area contributed by atoms with Gasteiger partial charge >= 0.3 is 0 Å². The van der Waals surface area contributed by atoms with Crippen LogP contribution in [-0.4, -0.2) is 29.7 Å². The van der Waals surface area contributed by atoms with Crippen molar-refractivity contribution in [3.8, 4) is 0 Å². The van der Waals surface area contributed by atoms with E-state index < -0.39 is 0 Å². The third kappa shape index (κ3) is 3.27. The average molecular weight is 200 g/mol. The van der Waals surface area contributed by atoms with Gasteiger partial charge in [-0.1, -0.05) is 13.3 Å². The number of nitrogens with one attached hydrogen (secondary N) is 1. The highest BCUT2D eigenvalue weighted by Crippen LogP contribution is 2.25. The molecule has 4 N–H and O–H groups in total. The van der Waals surface area contributed by atoms with Gasteiger partial charge < -0.3 is 16.2 Å². The summed E-state index contributed by atoms with van der Waals surface area (Å²) in [6.07, 6.45) is 3.13. The highest BCUT2D eigenvalue weighted by molar-refractivity contribution is 5.81. The fourth-order valence-corrected chi connectivity index (χ4v) is 1.69. The Labute approximate surface area is 84.9 Å². The Morgan fingerprint density at radius 2 is 2.29 bits per heavy atom. The number of amides is 1. The Bertz CT molecular complexity index is 191. The van der Waals surface area contributed by atoms with Crippen LogP contribution in [0.4, 0.5) is 0 Å². The third-order valence-electron chi connectivity index (χ3n) is 2.71. The van der Waals surface area contributed by atoms with Crippen LogP contribution < -0.4 is 11.1 Å². The number of aliphatic hydroxyl groups is 1. The van der Waals surface area contributed by atoms with E-state index in [-0.39, 0.29) is 18.1 Å². The number of carbonyl (C=O) groups excluding carboxylic acids is 1. The molecule has 0 heterocycles. The predicted octanol–water partition coefficient (Wildman–Crippen LogP) is 0.000900. The topological polar surface area (TPSA) is 75.4 Å². The molecule has 1 saturated carbocycles. The molecule has 0 unspecified atom stereocenters. The molecule has 0 bridgehead atoms. The summed E-state index contributed by atoms with van der Waals surface area (Å²) in [6, 6.07) is -0.370. The number of hydrogen-bond acceptors (Lipinski definition) is 3. The van der Waals surface area contributed by atoms with E-state index in [4.69, 9.17) is 10.8 Å². The first-order valence-corrected chi connectivity index (χ1v) is 5.34. The molecule has 4 nitrogen and oxygen atoms in total. The monoisotopic (exact) mass is 200 g/mol. The van der Waals surface area contributed by atoms with Gasteiger partial charge in [-0.15, -0.1) is 0 Å². The molecule has 4 heteroatoms. The molecule has 0 saturated heterocycles. The van der Waals surface area contributed by atoms with Gasteiger partial charge in [0.2, 0.25) is 5.91 Å². The Kier molecular flexibility index (Phi) is 4.35. The van der Waals surface area contributed by atoms with Crippen molar-refractivity contribution in [1.29, 1.82) is 0 Å². The van der Waals surface area contributed by atoms with Gasteiger partial charge in [0.1, 0.15) is 0 Å². The van der Waals surface area contributed by atoms with Crippen molar-refractivity contribution in [1.82, 2.24) is 5.32 Å². The molecular weight excluding hydrogens is 180 g/mol. The van der Waals surface area contributed by atoms with Crippen LogP contribution in [-0.2, 0) is 4.79 Å². The van der Waals surface area contributed by atoms with Gasteiger partial charge in [-0.2, -0.15) is 0 Å². The molecular formula is C10H20N2O2. The maximum atomic E-state index is 11.4. The Balaban J connectivity index is 2.08. The fraction of sp³-hybridized carbons (Fsp3) is 0.900. The van der Waals surface area contributed by atoms with E-state index in [1.54, 1.807) is 0 Å². The van der Waals surface area contributed by atoms with Crippen LogP contribution in [0, 0.1) is 5.92 Å². The van der Waals surface area contributed by atoms with Crippen LogP contribution >= 0.6 is 0 Å². The van der Waals surface area contributed by atoms with Gasteiger partial charge in [0.25, 0.3) is 0 Å². The minimum absolute atomic E-state index is 0.0618. The second-order valence-corrected chi connectivity index (χ2v) is 4.13. The smallest absolute Gasteiger partial charge is 0.236 e. The van der Waals surface area contributed by atoms with Gasteiger partial charge in [-0.3, -0.25) is 4.79 Å². The van der Waals surface area contributed by atoms with Crippen LogP contribution in [0.15, 0.2) is 0 Å². The lowest BCUT2D eigenvalue weighted by Gasteiger charge is -2.31. The number of hydrogen-bond donors (Lipinski definition) is 3. The molecule has 0 aromatic carbocycles. The number of rotatable bonds is 5.